The van der Waals surface area contributed by atoms with Gasteiger partial charge in [0.2, 0.25) is 5.95 Å². The van der Waals surface area contributed by atoms with Crippen molar-refractivity contribution < 1.29 is 4.39 Å². The Balaban J connectivity index is 1.71. The quantitative estimate of drug-likeness (QED) is 0.580. The molecular formula is C19H16FN7. The van der Waals surface area contributed by atoms with Crippen LogP contribution < -0.4 is 11.1 Å². The highest BCUT2D eigenvalue weighted by Crippen LogP contribution is 2.29. The number of nitrogen functional groups attached to an aromatic ring is 1. The zero-order chi connectivity index (χ0) is 18.4. The molecule has 4 aromatic rings. The zero-order valence-corrected chi connectivity index (χ0v) is 14.3. The molecule has 1 fully saturated rings. The monoisotopic (exact) mass is 361 g/mol. The molecule has 27 heavy (non-hydrogen) atoms. The van der Waals surface area contributed by atoms with E-state index in [0.29, 0.717) is 35.1 Å². The molecule has 0 atom stereocenters. The van der Waals surface area contributed by atoms with Crippen molar-refractivity contribution in [2.75, 3.05) is 11.1 Å². The number of nitrogens with zero attached hydrogens (tertiary/aromatic N) is 5. The Hall–Kier alpha value is -3.55. The third-order valence-electron chi connectivity index (χ3n) is 4.42. The largest absolute Gasteiger partial charge is 0.384 e. The van der Waals surface area contributed by atoms with Gasteiger partial charge in [-0.2, -0.15) is 4.98 Å². The van der Waals surface area contributed by atoms with Crippen LogP contribution in [0.3, 0.4) is 0 Å². The Bertz CT molecular complexity index is 1130. The lowest BCUT2D eigenvalue weighted by Crippen LogP contribution is -2.08. The highest BCUT2D eigenvalue weighted by molar-refractivity contribution is 5.81. The van der Waals surface area contributed by atoms with Crippen LogP contribution in [0.15, 0.2) is 48.7 Å². The maximum absolute atomic E-state index is 13.4. The Labute approximate surface area is 154 Å². The lowest BCUT2D eigenvalue weighted by atomic mass is 10.2. The lowest BCUT2D eigenvalue weighted by molar-refractivity contribution is 0.628. The Morgan fingerprint density at radius 2 is 1.81 bits per heavy atom. The van der Waals surface area contributed by atoms with Crippen LogP contribution in [0, 0.1) is 5.82 Å². The minimum Gasteiger partial charge on any atom is -0.384 e. The zero-order valence-electron chi connectivity index (χ0n) is 14.3. The average molecular weight is 361 g/mol. The molecule has 5 rings (SSSR count). The van der Waals surface area contributed by atoms with Crippen LogP contribution in [-0.4, -0.2) is 30.5 Å². The minimum atomic E-state index is -0.304. The van der Waals surface area contributed by atoms with Crippen molar-refractivity contribution in [3.8, 4) is 17.2 Å². The first kappa shape index (κ1) is 15.7. The molecule has 0 spiro atoms. The van der Waals surface area contributed by atoms with Crippen molar-refractivity contribution in [1.29, 1.82) is 0 Å². The van der Waals surface area contributed by atoms with Crippen molar-refractivity contribution in [3.05, 3.63) is 54.5 Å². The summed E-state index contributed by atoms with van der Waals surface area (Å²) in [6, 6.07) is 12.0. The summed E-state index contributed by atoms with van der Waals surface area (Å²) in [5, 5.41) is 3.30. The van der Waals surface area contributed by atoms with Crippen LogP contribution in [0.5, 0.6) is 0 Å². The molecular weight excluding hydrogens is 345 g/mol. The van der Waals surface area contributed by atoms with E-state index in [1.165, 1.54) is 12.1 Å². The molecule has 1 saturated carbocycles. The standard InChI is InChI=1S/C19H16FN7/c20-12-3-1-11(2-4-12)18-26-17-14(7-8-15(21)24-17)27(18)16-9-10-22-19(25-16)23-13-5-6-13/h1-4,7-10,13H,5-6H2,(H2,21,24)(H,22,23,25). The smallest absolute Gasteiger partial charge is 0.224 e. The van der Waals surface area contributed by atoms with Crippen LogP contribution in [-0.2, 0) is 0 Å². The van der Waals surface area contributed by atoms with Gasteiger partial charge in [0, 0.05) is 17.8 Å². The van der Waals surface area contributed by atoms with E-state index in [1.54, 1.807) is 24.4 Å². The van der Waals surface area contributed by atoms with Crippen LogP contribution in [0.1, 0.15) is 12.8 Å². The van der Waals surface area contributed by atoms with Crippen molar-refractivity contribution in [2.24, 2.45) is 0 Å². The number of nitrogens with one attached hydrogen (secondary N) is 1. The Kier molecular flexibility index (Phi) is 3.49. The van der Waals surface area contributed by atoms with Crippen LogP contribution in [0.2, 0.25) is 0 Å². The molecule has 1 aliphatic rings. The maximum atomic E-state index is 13.4. The second-order valence-electron chi connectivity index (χ2n) is 6.51. The van der Waals surface area contributed by atoms with E-state index in [1.807, 2.05) is 16.7 Å². The number of nitrogens with two attached hydrogens (primary N) is 1. The summed E-state index contributed by atoms with van der Waals surface area (Å²) >= 11 is 0. The Morgan fingerprint density at radius 1 is 1.00 bits per heavy atom. The van der Waals surface area contributed by atoms with E-state index in [2.05, 4.69) is 25.3 Å². The number of rotatable bonds is 4. The molecule has 0 radical (unpaired) electrons. The van der Waals surface area contributed by atoms with Gasteiger partial charge >= 0.3 is 0 Å². The molecule has 0 saturated heterocycles. The summed E-state index contributed by atoms with van der Waals surface area (Å²) in [7, 11) is 0. The number of hydrogen-bond donors (Lipinski definition) is 2. The first-order valence-corrected chi connectivity index (χ1v) is 8.68. The van der Waals surface area contributed by atoms with Gasteiger partial charge in [0.05, 0.1) is 5.52 Å². The normalized spacial score (nSPS) is 13.8. The van der Waals surface area contributed by atoms with Gasteiger partial charge in [-0.1, -0.05) is 0 Å². The molecule has 7 nitrogen and oxygen atoms in total. The second-order valence-corrected chi connectivity index (χ2v) is 6.51. The van der Waals surface area contributed by atoms with Gasteiger partial charge in [-0.25, -0.2) is 19.3 Å². The van der Waals surface area contributed by atoms with Crippen molar-refractivity contribution in [3.63, 3.8) is 0 Å². The predicted octanol–water partition coefficient (Wildman–Crippen LogP) is 3.17. The van der Waals surface area contributed by atoms with Gasteiger partial charge in [-0.3, -0.25) is 4.57 Å². The first-order valence-electron chi connectivity index (χ1n) is 8.68. The number of hydrogen-bond acceptors (Lipinski definition) is 6. The van der Waals surface area contributed by atoms with Crippen molar-refractivity contribution in [1.82, 2.24) is 24.5 Å². The van der Waals surface area contributed by atoms with E-state index in [9.17, 15) is 4.39 Å². The summed E-state index contributed by atoms with van der Waals surface area (Å²) in [5.41, 5.74) is 7.84. The van der Waals surface area contributed by atoms with Gasteiger partial charge in [0.1, 0.15) is 23.3 Å². The van der Waals surface area contributed by atoms with E-state index in [0.717, 1.165) is 23.9 Å². The maximum Gasteiger partial charge on any atom is 0.224 e. The summed E-state index contributed by atoms with van der Waals surface area (Å²) < 4.78 is 15.3. The summed E-state index contributed by atoms with van der Waals surface area (Å²) in [6.45, 7) is 0. The molecule has 3 N–H and O–H groups in total. The van der Waals surface area contributed by atoms with Gasteiger partial charge in [0.25, 0.3) is 0 Å². The molecule has 0 amide bonds. The predicted molar refractivity (Wildman–Crippen MR) is 101 cm³/mol. The molecule has 8 heteroatoms. The van der Waals surface area contributed by atoms with Gasteiger partial charge in [-0.15, -0.1) is 0 Å². The second kappa shape index (κ2) is 6.01. The molecule has 0 bridgehead atoms. The molecule has 134 valence electrons. The molecule has 0 aliphatic heterocycles. The molecule has 3 heterocycles. The molecule has 0 unspecified atom stereocenters. The SMILES string of the molecule is Nc1ccc2c(n1)nc(-c1ccc(F)cc1)n2-c1ccnc(NC2CC2)n1. The third-order valence-corrected chi connectivity index (χ3v) is 4.42. The van der Waals surface area contributed by atoms with Gasteiger partial charge < -0.3 is 11.1 Å². The lowest BCUT2D eigenvalue weighted by Gasteiger charge is -2.10. The fourth-order valence-corrected chi connectivity index (χ4v) is 2.95. The number of pyridine rings is 1. The summed E-state index contributed by atoms with van der Waals surface area (Å²) in [6.07, 6.45) is 3.97. The van der Waals surface area contributed by atoms with E-state index in [4.69, 9.17) is 5.73 Å². The van der Waals surface area contributed by atoms with Crippen molar-refractivity contribution >= 4 is 22.9 Å². The molecule has 3 aromatic heterocycles. The van der Waals surface area contributed by atoms with Crippen LogP contribution in [0.4, 0.5) is 16.2 Å². The van der Waals surface area contributed by atoms with E-state index >= 15 is 0 Å². The third kappa shape index (κ3) is 2.95. The summed E-state index contributed by atoms with van der Waals surface area (Å²) in [4.78, 5) is 17.9. The van der Waals surface area contributed by atoms with E-state index in [-0.39, 0.29) is 5.82 Å². The van der Waals surface area contributed by atoms with E-state index < -0.39 is 0 Å². The fraction of sp³-hybridized carbons (Fsp3) is 0.158. The fourth-order valence-electron chi connectivity index (χ4n) is 2.95. The molecule has 1 aromatic carbocycles. The highest BCUT2D eigenvalue weighted by Gasteiger charge is 2.22. The number of halogens is 1. The Morgan fingerprint density at radius 3 is 2.59 bits per heavy atom. The average Bonchev–Trinajstić information content (AvgIpc) is 3.40. The summed E-state index contributed by atoms with van der Waals surface area (Å²) in [5.74, 6) is 1.92. The van der Waals surface area contributed by atoms with Crippen LogP contribution in [0.25, 0.3) is 28.4 Å². The number of benzene rings is 1. The minimum absolute atomic E-state index is 0.304. The van der Waals surface area contributed by atoms with Crippen LogP contribution >= 0.6 is 0 Å². The van der Waals surface area contributed by atoms with Gasteiger partial charge in [-0.05, 0) is 55.3 Å². The highest BCUT2D eigenvalue weighted by atomic mass is 19.1. The number of aromatic nitrogens is 5. The topological polar surface area (TPSA) is 94.5 Å². The number of fused-ring (bicyclic) bond motifs is 1. The van der Waals surface area contributed by atoms with Crippen molar-refractivity contribution in [2.45, 2.75) is 18.9 Å². The number of anilines is 2. The first-order chi connectivity index (χ1) is 13.2. The number of imidazole rings is 1. The van der Waals surface area contributed by atoms with Gasteiger partial charge in [0.15, 0.2) is 5.65 Å². The molecule has 1 aliphatic carbocycles.